The number of carbonyl (C=O) groups excluding carboxylic acids is 1. The molecule has 1 unspecified atom stereocenters. The van der Waals surface area contributed by atoms with E-state index in [2.05, 4.69) is 30.1 Å². The van der Waals surface area contributed by atoms with Crippen LogP contribution in [-0.2, 0) is 4.79 Å². The zero-order valence-electron chi connectivity index (χ0n) is 17.0. The van der Waals surface area contributed by atoms with Gasteiger partial charge in [0.25, 0.3) is 0 Å². The summed E-state index contributed by atoms with van der Waals surface area (Å²) in [5, 5.41) is 4.12. The average molecular weight is 391 g/mol. The number of benzene rings is 2. The molecule has 29 heavy (non-hydrogen) atoms. The molecule has 2 aromatic carbocycles. The minimum Gasteiger partial charge on any atom is -0.494 e. The van der Waals surface area contributed by atoms with Gasteiger partial charge < -0.3 is 14.2 Å². The molecule has 4 rings (SSSR count). The summed E-state index contributed by atoms with van der Waals surface area (Å²) in [6.07, 6.45) is 1.34. The number of carbonyl (C=O) groups is 1. The van der Waals surface area contributed by atoms with Gasteiger partial charge in [-0.1, -0.05) is 24.2 Å². The molecule has 1 aliphatic rings. The molecule has 0 saturated carbocycles. The lowest BCUT2D eigenvalue weighted by Crippen LogP contribution is -2.25. The number of nitrogens with zero attached hydrogens (tertiary/aromatic N) is 3. The van der Waals surface area contributed by atoms with Crippen molar-refractivity contribution in [1.29, 1.82) is 0 Å². The number of ether oxygens (including phenoxy) is 1. The summed E-state index contributed by atoms with van der Waals surface area (Å²) in [6, 6.07) is 13.7. The summed E-state index contributed by atoms with van der Waals surface area (Å²) >= 11 is 0. The zero-order valence-corrected chi connectivity index (χ0v) is 17.0. The first-order valence-electron chi connectivity index (χ1n) is 10.00. The van der Waals surface area contributed by atoms with Crippen molar-refractivity contribution in [1.82, 2.24) is 10.1 Å². The number of hydrogen-bond donors (Lipinski definition) is 0. The molecule has 1 amide bonds. The number of amides is 1. The summed E-state index contributed by atoms with van der Waals surface area (Å²) in [6.45, 7) is 7.42. The van der Waals surface area contributed by atoms with Crippen molar-refractivity contribution in [3.05, 3.63) is 59.5 Å². The van der Waals surface area contributed by atoms with Gasteiger partial charge in [0.15, 0.2) is 0 Å². The van der Waals surface area contributed by atoms with Crippen LogP contribution >= 0.6 is 0 Å². The lowest BCUT2D eigenvalue weighted by Gasteiger charge is -2.19. The highest BCUT2D eigenvalue weighted by Crippen LogP contribution is 2.34. The molecule has 1 aromatic heterocycles. The minimum atomic E-state index is -0.101. The molecule has 0 spiro atoms. The lowest BCUT2D eigenvalue weighted by molar-refractivity contribution is -0.117. The molecule has 2 heterocycles. The molecule has 1 aliphatic heterocycles. The van der Waals surface area contributed by atoms with Crippen LogP contribution in [0.25, 0.3) is 11.4 Å². The van der Waals surface area contributed by atoms with E-state index < -0.39 is 0 Å². The van der Waals surface area contributed by atoms with Gasteiger partial charge in [0.2, 0.25) is 17.6 Å². The molecule has 150 valence electrons. The maximum absolute atomic E-state index is 12.6. The molecule has 0 aliphatic carbocycles. The summed E-state index contributed by atoms with van der Waals surface area (Å²) in [7, 11) is 0. The Bertz CT molecular complexity index is 1010. The van der Waals surface area contributed by atoms with E-state index in [0.29, 0.717) is 31.3 Å². The van der Waals surface area contributed by atoms with Crippen molar-refractivity contribution >= 4 is 11.6 Å². The van der Waals surface area contributed by atoms with Crippen LogP contribution in [0, 0.1) is 13.8 Å². The van der Waals surface area contributed by atoms with E-state index in [1.54, 1.807) is 0 Å². The van der Waals surface area contributed by atoms with Crippen LogP contribution in [0.15, 0.2) is 47.0 Å². The fraction of sp³-hybridized carbons (Fsp3) is 0.348. The molecule has 6 heteroatoms. The summed E-state index contributed by atoms with van der Waals surface area (Å²) in [5.74, 6) is 1.84. The molecule has 1 fully saturated rings. The van der Waals surface area contributed by atoms with Crippen LogP contribution in [0.1, 0.15) is 42.7 Å². The number of hydrogen-bond acceptors (Lipinski definition) is 5. The van der Waals surface area contributed by atoms with E-state index in [-0.39, 0.29) is 11.8 Å². The van der Waals surface area contributed by atoms with E-state index in [1.807, 2.05) is 48.2 Å². The monoisotopic (exact) mass is 391 g/mol. The number of anilines is 1. The second-order valence-corrected chi connectivity index (χ2v) is 7.45. The predicted molar refractivity (Wildman–Crippen MR) is 111 cm³/mol. The Morgan fingerprint density at radius 2 is 1.97 bits per heavy atom. The van der Waals surface area contributed by atoms with Gasteiger partial charge in [-0.3, -0.25) is 4.79 Å². The molecule has 0 N–H and O–H groups in total. The van der Waals surface area contributed by atoms with Crippen molar-refractivity contribution in [3.63, 3.8) is 0 Å². The third-order valence-electron chi connectivity index (χ3n) is 5.37. The van der Waals surface area contributed by atoms with Gasteiger partial charge in [-0.05, 0) is 61.7 Å². The van der Waals surface area contributed by atoms with Crippen molar-refractivity contribution in [2.45, 2.75) is 39.5 Å². The lowest BCUT2D eigenvalue weighted by atomic mass is 10.1. The number of aromatic nitrogens is 2. The summed E-state index contributed by atoms with van der Waals surface area (Å²) in [4.78, 5) is 19.0. The van der Waals surface area contributed by atoms with E-state index in [4.69, 9.17) is 9.26 Å². The van der Waals surface area contributed by atoms with Gasteiger partial charge in [0, 0.05) is 24.2 Å². The standard InChI is InChI=1S/C23H25N3O3/c1-4-12-28-19-10-8-17(9-11-19)22-24-23(29-25-22)18-13-21(27)26(14-18)20-7-5-6-15(2)16(20)3/h5-11,18H,4,12-14H2,1-3H3. The van der Waals surface area contributed by atoms with Crippen molar-refractivity contribution < 1.29 is 14.1 Å². The SMILES string of the molecule is CCCOc1ccc(-c2noc(C3CC(=O)N(c4cccc(C)c4C)C3)n2)cc1. The second kappa shape index (κ2) is 8.07. The van der Waals surface area contributed by atoms with Gasteiger partial charge >= 0.3 is 0 Å². The number of aryl methyl sites for hydroxylation is 1. The fourth-order valence-electron chi connectivity index (χ4n) is 3.57. The molecule has 0 bridgehead atoms. The minimum absolute atomic E-state index is 0.0841. The molecular formula is C23H25N3O3. The van der Waals surface area contributed by atoms with Gasteiger partial charge in [-0.15, -0.1) is 0 Å². The zero-order chi connectivity index (χ0) is 20.4. The molecule has 6 nitrogen and oxygen atoms in total. The first-order valence-corrected chi connectivity index (χ1v) is 10.00. The smallest absolute Gasteiger partial charge is 0.232 e. The Labute approximate surface area is 170 Å². The fourth-order valence-corrected chi connectivity index (χ4v) is 3.57. The Morgan fingerprint density at radius 1 is 1.17 bits per heavy atom. The molecular weight excluding hydrogens is 366 g/mol. The molecule has 3 aromatic rings. The maximum Gasteiger partial charge on any atom is 0.232 e. The Balaban J connectivity index is 1.50. The van der Waals surface area contributed by atoms with Crippen LogP contribution in [0.3, 0.4) is 0 Å². The van der Waals surface area contributed by atoms with Gasteiger partial charge in [0.1, 0.15) is 5.75 Å². The third kappa shape index (κ3) is 3.88. The topological polar surface area (TPSA) is 68.5 Å². The van der Waals surface area contributed by atoms with Crippen LogP contribution in [-0.4, -0.2) is 29.2 Å². The molecule has 0 radical (unpaired) electrons. The number of rotatable bonds is 6. The highest BCUT2D eigenvalue weighted by Gasteiger charge is 2.35. The largest absolute Gasteiger partial charge is 0.494 e. The van der Waals surface area contributed by atoms with Crippen LogP contribution in [0.4, 0.5) is 5.69 Å². The predicted octanol–water partition coefficient (Wildman–Crippen LogP) is 4.66. The summed E-state index contributed by atoms with van der Waals surface area (Å²) in [5.41, 5.74) is 4.11. The molecule has 1 saturated heterocycles. The van der Waals surface area contributed by atoms with Crippen LogP contribution < -0.4 is 9.64 Å². The average Bonchev–Trinajstić information content (AvgIpc) is 3.36. The first-order chi connectivity index (χ1) is 14.1. The quantitative estimate of drug-likeness (QED) is 0.611. The maximum atomic E-state index is 12.6. The second-order valence-electron chi connectivity index (χ2n) is 7.45. The Hall–Kier alpha value is -3.15. The van der Waals surface area contributed by atoms with Gasteiger partial charge in [-0.25, -0.2) is 0 Å². The van der Waals surface area contributed by atoms with E-state index in [9.17, 15) is 4.79 Å². The Kier molecular flexibility index (Phi) is 5.34. The van der Waals surface area contributed by atoms with E-state index >= 15 is 0 Å². The van der Waals surface area contributed by atoms with Gasteiger partial charge in [-0.2, -0.15) is 4.98 Å². The van der Waals surface area contributed by atoms with E-state index in [1.165, 1.54) is 5.56 Å². The van der Waals surface area contributed by atoms with E-state index in [0.717, 1.165) is 29.0 Å². The van der Waals surface area contributed by atoms with Crippen molar-refractivity contribution in [2.75, 3.05) is 18.1 Å². The highest BCUT2D eigenvalue weighted by atomic mass is 16.5. The first kappa shape index (κ1) is 19.2. The van der Waals surface area contributed by atoms with Crippen molar-refractivity contribution in [3.8, 4) is 17.1 Å². The normalized spacial score (nSPS) is 16.4. The summed E-state index contributed by atoms with van der Waals surface area (Å²) < 4.78 is 11.1. The highest BCUT2D eigenvalue weighted by molar-refractivity contribution is 5.97. The van der Waals surface area contributed by atoms with Gasteiger partial charge in [0.05, 0.1) is 12.5 Å². The van der Waals surface area contributed by atoms with Crippen LogP contribution in [0.5, 0.6) is 5.75 Å². The molecule has 1 atom stereocenters. The Morgan fingerprint density at radius 3 is 2.72 bits per heavy atom. The third-order valence-corrected chi connectivity index (χ3v) is 5.37. The van der Waals surface area contributed by atoms with Crippen molar-refractivity contribution in [2.24, 2.45) is 0 Å². The van der Waals surface area contributed by atoms with Crippen LogP contribution in [0.2, 0.25) is 0 Å².